The fourth-order valence-corrected chi connectivity index (χ4v) is 2.83. The highest BCUT2D eigenvalue weighted by atomic mass is 16.6. The molecule has 1 aliphatic carbocycles. The molecule has 4 heteroatoms. The molecule has 2 fully saturated rings. The largest absolute Gasteiger partial charge is 0.443 e. The quantitative estimate of drug-likeness (QED) is 0.653. The molecule has 1 heterocycles. The van der Waals surface area contributed by atoms with Gasteiger partial charge in [-0.3, -0.25) is 4.79 Å². The van der Waals surface area contributed by atoms with Crippen LogP contribution in [0.4, 0.5) is 4.79 Å². The number of hydrogen-bond acceptors (Lipinski definition) is 3. The Balaban J connectivity index is 2.05. The van der Waals surface area contributed by atoms with E-state index in [1.807, 2.05) is 20.8 Å². The van der Waals surface area contributed by atoms with Crippen LogP contribution in [0, 0.1) is 5.41 Å². The van der Waals surface area contributed by atoms with Gasteiger partial charge >= 0.3 is 6.09 Å². The Morgan fingerprint density at radius 3 is 2.35 bits per heavy atom. The normalized spacial score (nSPS) is 23.5. The van der Waals surface area contributed by atoms with E-state index >= 15 is 0 Å². The predicted molar refractivity (Wildman–Crippen MR) is 63.5 cm³/mol. The predicted octanol–water partition coefficient (Wildman–Crippen LogP) is 2.71. The molecule has 2 rings (SSSR count). The van der Waals surface area contributed by atoms with Crippen molar-refractivity contribution < 1.29 is 14.3 Å². The number of ether oxygens (including phenoxy) is 1. The molecule has 0 aromatic heterocycles. The summed E-state index contributed by atoms with van der Waals surface area (Å²) in [6, 6.07) is 0. The minimum absolute atomic E-state index is 0.00995. The maximum Gasteiger partial charge on any atom is 0.417 e. The Morgan fingerprint density at radius 1 is 1.24 bits per heavy atom. The summed E-state index contributed by atoms with van der Waals surface area (Å²) in [5.41, 5.74) is -0.778. The fraction of sp³-hybridized carbons (Fsp3) is 0.846. The van der Waals surface area contributed by atoms with E-state index < -0.39 is 11.7 Å². The van der Waals surface area contributed by atoms with Gasteiger partial charge in [0.05, 0.1) is 5.41 Å². The average Bonchev–Trinajstić information content (AvgIpc) is 2.75. The van der Waals surface area contributed by atoms with Gasteiger partial charge in [-0.1, -0.05) is 12.8 Å². The highest BCUT2D eigenvalue weighted by molar-refractivity contribution is 5.97. The van der Waals surface area contributed by atoms with Crippen LogP contribution in [0.1, 0.15) is 52.9 Å². The molecule has 0 radical (unpaired) electrons. The third-order valence-corrected chi connectivity index (χ3v) is 3.69. The van der Waals surface area contributed by atoms with E-state index in [9.17, 15) is 9.59 Å². The molecule has 1 aliphatic heterocycles. The van der Waals surface area contributed by atoms with Crippen LogP contribution in [0.2, 0.25) is 0 Å². The summed E-state index contributed by atoms with van der Waals surface area (Å²) in [5, 5.41) is 0. The lowest BCUT2D eigenvalue weighted by atomic mass is 9.85. The van der Waals surface area contributed by atoms with Crippen LogP contribution in [0.5, 0.6) is 0 Å². The third-order valence-electron chi connectivity index (χ3n) is 3.69. The molecule has 2 amide bonds. The molecule has 96 valence electrons. The van der Waals surface area contributed by atoms with E-state index in [1.165, 1.54) is 4.90 Å². The van der Waals surface area contributed by atoms with Gasteiger partial charge in [-0.15, -0.1) is 0 Å². The molecule has 0 atom stereocenters. The molecule has 4 nitrogen and oxygen atoms in total. The van der Waals surface area contributed by atoms with E-state index in [0.717, 1.165) is 32.1 Å². The number of likely N-dealkylation sites (tertiary alicyclic amines) is 1. The SMILES string of the molecule is CC(C)(C)OC(=O)N1CCC2(CCCC2)C1=O. The van der Waals surface area contributed by atoms with Gasteiger partial charge in [0.15, 0.2) is 0 Å². The highest BCUT2D eigenvalue weighted by Crippen LogP contribution is 2.46. The lowest BCUT2D eigenvalue weighted by Gasteiger charge is -2.25. The van der Waals surface area contributed by atoms with Gasteiger partial charge in [0.25, 0.3) is 0 Å². The summed E-state index contributed by atoms with van der Waals surface area (Å²) in [6.07, 6.45) is 4.41. The van der Waals surface area contributed by atoms with Crippen LogP contribution in [-0.2, 0) is 9.53 Å². The van der Waals surface area contributed by atoms with Gasteiger partial charge in [0.1, 0.15) is 5.60 Å². The topological polar surface area (TPSA) is 46.6 Å². The summed E-state index contributed by atoms with van der Waals surface area (Å²) in [4.78, 5) is 25.5. The number of carbonyl (C=O) groups is 2. The van der Waals surface area contributed by atoms with Gasteiger partial charge in [-0.25, -0.2) is 9.69 Å². The molecular weight excluding hydrogens is 218 g/mol. The summed E-state index contributed by atoms with van der Waals surface area (Å²) in [5.74, 6) is -0.00995. The monoisotopic (exact) mass is 239 g/mol. The van der Waals surface area contributed by atoms with Crippen molar-refractivity contribution in [3.63, 3.8) is 0 Å². The van der Waals surface area contributed by atoms with Crippen molar-refractivity contribution in [2.75, 3.05) is 6.54 Å². The van der Waals surface area contributed by atoms with E-state index in [1.54, 1.807) is 0 Å². The van der Waals surface area contributed by atoms with Crippen molar-refractivity contribution in [1.82, 2.24) is 4.90 Å². The Bertz CT molecular complexity index is 337. The second-order valence-corrected chi connectivity index (χ2v) is 6.17. The number of rotatable bonds is 0. The fourth-order valence-electron chi connectivity index (χ4n) is 2.83. The Morgan fingerprint density at radius 2 is 1.82 bits per heavy atom. The second-order valence-electron chi connectivity index (χ2n) is 6.17. The summed E-state index contributed by atoms with van der Waals surface area (Å²) < 4.78 is 5.26. The van der Waals surface area contributed by atoms with Crippen LogP contribution >= 0.6 is 0 Å². The second kappa shape index (κ2) is 4.00. The third kappa shape index (κ3) is 2.31. The number of imide groups is 1. The van der Waals surface area contributed by atoms with Crippen molar-refractivity contribution >= 4 is 12.0 Å². The zero-order chi connectivity index (χ0) is 12.7. The number of hydrogen-bond donors (Lipinski definition) is 0. The Hall–Kier alpha value is -1.06. The molecule has 0 N–H and O–H groups in total. The first-order valence-corrected chi connectivity index (χ1v) is 6.39. The van der Waals surface area contributed by atoms with Gasteiger partial charge in [-0.2, -0.15) is 0 Å². The molecule has 1 saturated heterocycles. The first-order chi connectivity index (χ1) is 7.84. The molecule has 17 heavy (non-hydrogen) atoms. The van der Waals surface area contributed by atoms with Gasteiger partial charge in [0.2, 0.25) is 5.91 Å². The van der Waals surface area contributed by atoms with Crippen molar-refractivity contribution in [2.45, 2.75) is 58.5 Å². The average molecular weight is 239 g/mol. The smallest absolute Gasteiger partial charge is 0.417 e. The lowest BCUT2D eigenvalue weighted by Crippen LogP contribution is -2.40. The Labute approximate surface area is 102 Å². The molecule has 0 aromatic rings. The summed E-state index contributed by atoms with van der Waals surface area (Å²) in [7, 11) is 0. The van der Waals surface area contributed by atoms with Crippen LogP contribution in [0.3, 0.4) is 0 Å². The molecule has 2 aliphatic rings. The number of amides is 2. The first-order valence-electron chi connectivity index (χ1n) is 6.39. The van der Waals surface area contributed by atoms with Crippen molar-refractivity contribution in [3.05, 3.63) is 0 Å². The van der Waals surface area contributed by atoms with Crippen LogP contribution in [-0.4, -0.2) is 29.0 Å². The Kier molecular flexibility index (Phi) is 2.92. The number of nitrogens with zero attached hydrogens (tertiary/aromatic N) is 1. The first kappa shape index (κ1) is 12.4. The van der Waals surface area contributed by atoms with Crippen LogP contribution in [0.25, 0.3) is 0 Å². The molecular formula is C13H21NO3. The van der Waals surface area contributed by atoms with E-state index in [-0.39, 0.29) is 11.3 Å². The minimum Gasteiger partial charge on any atom is -0.443 e. The molecule has 1 saturated carbocycles. The van der Waals surface area contributed by atoms with E-state index in [2.05, 4.69) is 0 Å². The molecule has 1 spiro atoms. The van der Waals surface area contributed by atoms with Crippen molar-refractivity contribution in [2.24, 2.45) is 5.41 Å². The van der Waals surface area contributed by atoms with Gasteiger partial charge < -0.3 is 4.74 Å². The van der Waals surface area contributed by atoms with Crippen LogP contribution < -0.4 is 0 Å². The lowest BCUT2D eigenvalue weighted by molar-refractivity contribution is -0.135. The van der Waals surface area contributed by atoms with E-state index in [4.69, 9.17) is 4.74 Å². The van der Waals surface area contributed by atoms with Crippen molar-refractivity contribution in [1.29, 1.82) is 0 Å². The summed E-state index contributed by atoms with van der Waals surface area (Å²) in [6.45, 7) is 5.97. The molecule has 0 aromatic carbocycles. The molecule has 0 bridgehead atoms. The zero-order valence-electron chi connectivity index (χ0n) is 10.9. The zero-order valence-corrected chi connectivity index (χ0v) is 10.9. The van der Waals surface area contributed by atoms with Gasteiger partial charge in [-0.05, 0) is 40.0 Å². The minimum atomic E-state index is -0.539. The maximum absolute atomic E-state index is 12.3. The highest BCUT2D eigenvalue weighted by Gasteiger charge is 2.50. The molecule has 0 unspecified atom stereocenters. The summed E-state index contributed by atoms with van der Waals surface area (Å²) >= 11 is 0. The van der Waals surface area contributed by atoms with E-state index in [0.29, 0.717) is 6.54 Å². The van der Waals surface area contributed by atoms with Crippen molar-refractivity contribution in [3.8, 4) is 0 Å². The maximum atomic E-state index is 12.3. The van der Waals surface area contributed by atoms with Crippen LogP contribution in [0.15, 0.2) is 0 Å². The number of carbonyl (C=O) groups excluding carboxylic acids is 2. The standard InChI is InChI=1S/C13H21NO3/c1-12(2,3)17-11(16)14-9-8-13(10(14)15)6-4-5-7-13/h4-9H2,1-3H3. The van der Waals surface area contributed by atoms with Gasteiger partial charge in [0, 0.05) is 6.54 Å².